The first-order valence-electron chi connectivity index (χ1n) is 5.08. The Morgan fingerprint density at radius 1 is 1.67 bits per heavy atom. The first-order valence-corrected chi connectivity index (χ1v) is 5.46. The van der Waals surface area contributed by atoms with Crippen molar-refractivity contribution in [2.75, 3.05) is 6.54 Å². The summed E-state index contributed by atoms with van der Waals surface area (Å²) in [6.45, 7) is 11.6. The van der Waals surface area contributed by atoms with Crippen LogP contribution >= 0.6 is 11.6 Å². The maximum Gasteiger partial charge on any atom is 0.0815 e. The summed E-state index contributed by atoms with van der Waals surface area (Å²) in [4.78, 5) is 0. The van der Waals surface area contributed by atoms with Gasteiger partial charge in [-0.1, -0.05) is 32.0 Å². The standard InChI is InChI=1S/C11H18ClN3/c1-8(2)13-5-9(3)6-15-7-11(12)10(4)14-15/h7-8,13H,3,5-6H2,1-2,4H3. The van der Waals surface area contributed by atoms with Gasteiger partial charge in [-0.2, -0.15) is 5.10 Å². The number of hydrogen-bond donors (Lipinski definition) is 1. The lowest BCUT2D eigenvalue weighted by molar-refractivity contribution is 0.587. The summed E-state index contributed by atoms with van der Waals surface area (Å²) in [5, 5.41) is 8.29. The second-order valence-corrected chi connectivity index (χ2v) is 4.45. The molecule has 3 nitrogen and oxygen atoms in total. The molecule has 0 saturated carbocycles. The largest absolute Gasteiger partial charge is 0.311 e. The third-order valence-electron chi connectivity index (χ3n) is 2.03. The Kier molecular flexibility index (Phi) is 4.36. The molecule has 0 aliphatic heterocycles. The van der Waals surface area contributed by atoms with Gasteiger partial charge in [-0.3, -0.25) is 4.68 Å². The van der Waals surface area contributed by atoms with Gasteiger partial charge in [0.05, 0.1) is 17.3 Å². The number of hydrogen-bond acceptors (Lipinski definition) is 2. The minimum Gasteiger partial charge on any atom is -0.311 e. The van der Waals surface area contributed by atoms with E-state index in [0.29, 0.717) is 17.6 Å². The van der Waals surface area contributed by atoms with E-state index in [9.17, 15) is 0 Å². The molecule has 0 atom stereocenters. The van der Waals surface area contributed by atoms with Crippen LogP contribution in [-0.2, 0) is 6.54 Å². The molecule has 0 radical (unpaired) electrons. The third-order valence-corrected chi connectivity index (χ3v) is 2.40. The van der Waals surface area contributed by atoms with Crippen molar-refractivity contribution in [1.29, 1.82) is 0 Å². The molecule has 0 aliphatic carbocycles. The van der Waals surface area contributed by atoms with Crippen molar-refractivity contribution in [3.8, 4) is 0 Å². The van der Waals surface area contributed by atoms with Gasteiger partial charge >= 0.3 is 0 Å². The molecule has 0 aliphatic rings. The minimum absolute atomic E-state index is 0.477. The number of halogens is 1. The molecular weight excluding hydrogens is 210 g/mol. The van der Waals surface area contributed by atoms with E-state index in [1.807, 2.05) is 17.8 Å². The number of rotatable bonds is 5. The van der Waals surface area contributed by atoms with E-state index >= 15 is 0 Å². The van der Waals surface area contributed by atoms with Crippen LogP contribution in [0.1, 0.15) is 19.5 Å². The van der Waals surface area contributed by atoms with Crippen molar-refractivity contribution in [2.45, 2.75) is 33.4 Å². The SMILES string of the molecule is C=C(CNC(C)C)Cn1cc(Cl)c(C)n1. The predicted molar refractivity (Wildman–Crippen MR) is 64.3 cm³/mol. The molecule has 1 heterocycles. The van der Waals surface area contributed by atoms with Gasteiger partial charge in [-0.05, 0) is 12.5 Å². The van der Waals surface area contributed by atoms with Gasteiger partial charge in [0.25, 0.3) is 0 Å². The summed E-state index contributed by atoms with van der Waals surface area (Å²) in [5.41, 5.74) is 1.96. The molecule has 15 heavy (non-hydrogen) atoms. The van der Waals surface area contributed by atoms with Gasteiger partial charge in [-0.25, -0.2) is 0 Å². The first-order chi connectivity index (χ1) is 6.99. The smallest absolute Gasteiger partial charge is 0.0815 e. The van der Waals surface area contributed by atoms with Gasteiger partial charge in [-0.15, -0.1) is 0 Å². The van der Waals surface area contributed by atoms with Crippen LogP contribution in [-0.4, -0.2) is 22.4 Å². The fourth-order valence-electron chi connectivity index (χ4n) is 1.21. The average Bonchev–Trinajstić information content (AvgIpc) is 2.42. The van der Waals surface area contributed by atoms with Crippen LogP contribution in [0.3, 0.4) is 0 Å². The molecule has 0 fully saturated rings. The van der Waals surface area contributed by atoms with E-state index in [2.05, 4.69) is 30.8 Å². The van der Waals surface area contributed by atoms with E-state index in [0.717, 1.165) is 17.8 Å². The summed E-state index contributed by atoms with van der Waals surface area (Å²) in [6.07, 6.45) is 1.83. The molecule has 4 heteroatoms. The number of nitrogens with zero attached hydrogens (tertiary/aromatic N) is 2. The zero-order valence-corrected chi connectivity index (χ0v) is 10.3. The van der Waals surface area contributed by atoms with Crippen LogP contribution in [0.5, 0.6) is 0 Å². The van der Waals surface area contributed by atoms with Gasteiger partial charge < -0.3 is 5.32 Å². The Hall–Kier alpha value is -0.800. The lowest BCUT2D eigenvalue weighted by Crippen LogP contribution is -2.26. The van der Waals surface area contributed by atoms with Crippen LogP contribution < -0.4 is 5.32 Å². The first kappa shape index (κ1) is 12.3. The number of aromatic nitrogens is 2. The zero-order chi connectivity index (χ0) is 11.4. The van der Waals surface area contributed by atoms with E-state index in [1.165, 1.54) is 0 Å². The highest BCUT2D eigenvalue weighted by molar-refractivity contribution is 6.31. The highest BCUT2D eigenvalue weighted by atomic mass is 35.5. The molecule has 0 bridgehead atoms. The minimum atomic E-state index is 0.477. The van der Waals surface area contributed by atoms with E-state index < -0.39 is 0 Å². The topological polar surface area (TPSA) is 29.9 Å². The van der Waals surface area contributed by atoms with Crippen molar-refractivity contribution in [3.63, 3.8) is 0 Å². The molecule has 0 unspecified atom stereocenters. The molecule has 0 spiro atoms. The van der Waals surface area contributed by atoms with Gasteiger partial charge in [0.2, 0.25) is 0 Å². The fourth-order valence-corrected chi connectivity index (χ4v) is 1.36. The molecule has 1 aromatic rings. The zero-order valence-electron chi connectivity index (χ0n) is 9.55. The fraction of sp³-hybridized carbons (Fsp3) is 0.545. The summed E-state index contributed by atoms with van der Waals surface area (Å²) in [5.74, 6) is 0. The summed E-state index contributed by atoms with van der Waals surface area (Å²) >= 11 is 5.91. The van der Waals surface area contributed by atoms with Crippen molar-refractivity contribution in [2.24, 2.45) is 0 Å². The van der Waals surface area contributed by atoms with Crippen molar-refractivity contribution in [1.82, 2.24) is 15.1 Å². The molecular formula is C11H18ClN3. The average molecular weight is 228 g/mol. The second-order valence-electron chi connectivity index (χ2n) is 4.05. The van der Waals surface area contributed by atoms with Crippen LogP contribution in [0.2, 0.25) is 5.02 Å². The predicted octanol–water partition coefficient (Wildman–Crippen LogP) is 2.40. The molecule has 0 aromatic carbocycles. The van der Waals surface area contributed by atoms with E-state index in [1.54, 1.807) is 0 Å². The monoisotopic (exact) mass is 227 g/mol. The molecule has 1 N–H and O–H groups in total. The molecule has 0 saturated heterocycles. The number of aryl methyl sites for hydroxylation is 1. The van der Waals surface area contributed by atoms with E-state index in [-0.39, 0.29) is 0 Å². The lowest BCUT2D eigenvalue weighted by Gasteiger charge is -2.10. The van der Waals surface area contributed by atoms with Gasteiger partial charge in [0, 0.05) is 18.8 Å². The molecule has 1 aromatic heterocycles. The quantitative estimate of drug-likeness (QED) is 0.783. The van der Waals surface area contributed by atoms with Crippen LogP contribution in [0.4, 0.5) is 0 Å². The highest BCUT2D eigenvalue weighted by Crippen LogP contribution is 2.12. The van der Waals surface area contributed by atoms with Crippen LogP contribution in [0.25, 0.3) is 0 Å². The van der Waals surface area contributed by atoms with Gasteiger partial charge in [0.1, 0.15) is 0 Å². The Morgan fingerprint density at radius 3 is 2.80 bits per heavy atom. The molecule has 1 rings (SSSR count). The van der Waals surface area contributed by atoms with Crippen molar-refractivity contribution >= 4 is 11.6 Å². The number of nitrogens with one attached hydrogen (secondary N) is 1. The highest BCUT2D eigenvalue weighted by Gasteiger charge is 2.03. The molecule has 0 amide bonds. The van der Waals surface area contributed by atoms with Crippen LogP contribution in [0, 0.1) is 6.92 Å². The lowest BCUT2D eigenvalue weighted by atomic mass is 10.3. The maximum absolute atomic E-state index is 5.91. The Labute approximate surface area is 96.1 Å². The van der Waals surface area contributed by atoms with Gasteiger partial charge in [0.15, 0.2) is 0 Å². The van der Waals surface area contributed by atoms with E-state index in [4.69, 9.17) is 11.6 Å². The third kappa shape index (κ3) is 4.06. The van der Waals surface area contributed by atoms with Crippen LogP contribution in [0.15, 0.2) is 18.3 Å². The Bertz CT molecular complexity index is 322. The Balaban J connectivity index is 2.44. The maximum atomic E-state index is 5.91. The van der Waals surface area contributed by atoms with Crippen molar-refractivity contribution < 1.29 is 0 Å². The summed E-state index contributed by atoms with van der Waals surface area (Å²) < 4.78 is 1.82. The van der Waals surface area contributed by atoms with Crippen molar-refractivity contribution in [3.05, 3.63) is 29.1 Å². The summed E-state index contributed by atoms with van der Waals surface area (Å²) in [7, 11) is 0. The Morgan fingerprint density at radius 2 is 2.33 bits per heavy atom. The second kappa shape index (κ2) is 5.33. The summed E-state index contributed by atoms with van der Waals surface area (Å²) in [6, 6.07) is 0.477. The molecule has 84 valence electrons. The normalized spacial score (nSPS) is 11.0.